The molecule has 10 heteroatoms. The van der Waals surface area contributed by atoms with Crippen LogP contribution in [-0.4, -0.2) is 104 Å². The van der Waals surface area contributed by atoms with E-state index >= 15 is 0 Å². The number of carbonyl (C=O) groups is 4. The van der Waals surface area contributed by atoms with Gasteiger partial charge in [-0.25, -0.2) is 4.79 Å². The summed E-state index contributed by atoms with van der Waals surface area (Å²) in [5.41, 5.74) is 0.881. The largest absolute Gasteiger partial charge is 0.462 e. The van der Waals surface area contributed by atoms with Gasteiger partial charge in [-0.05, 0) is 38.2 Å². The van der Waals surface area contributed by atoms with Crippen molar-refractivity contribution in [3.63, 3.8) is 0 Å². The molecule has 0 bridgehead atoms. The van der Waals surface area contributed by atoms with E-state index in [1.165, 1.54) is 4.90 Å². The maximum Gasteiger partial charge on any atom is 0.338 e. The number of likely N-dealkylation sites (N-methyl/N-ethyl adjacent to an activating group) is 1. The third-order valence-electron chi connectivity index (χ3n) is 5.66. The number of rotatable bonds is 7. The van der Waals surface area contributed by atoms with Crippen LogP contribution in [-0.2, 0) is 19.1 Å². The number of anilines is 1. The summed E-state index contributed by atoms with van der Waals surface area (Å²) in [7, 11) is 2.05. The molecule has 10 nitrogen and oxygen atoms in total. The van der Waals surface area contributed by atoms with Crippen LogP contribution in [0.2, 0.25) is 0 Å². The van der Waals surface area contributed by atoms with Crippen molar-refractivity contribution >= 4 is 29.4 Å². The minimum Gasteiger partial charge on any atom is -0.462 e. The number of esters is 1. The second-order valence-electron chi connectivity index (χ2n) is 8.02. The molecule has 2 heterocycles. The molecule has 174 valence electrons. The van der Waals surface area contributed by atoms with Crippen molar-refractivity contribution in [3.05, 3.63) is 29.8 Å². The lowest BCUT2D eigenvalue weighted by Crippen LogP contribution is -2.60. The fraction of sp³-hybridized carbons (Fsp3) is 0.545. The molecular weight excluding hydrogens is 414 g/mol. The lowest BCUT2D eigenvalue weighted by atomic mass is 10.1. The van der Waals surface area contributed by atoms with Gasteiger partial charge in [0.1, 0.15) is 6.04 Å². The predicted octanol–water partition coefficient (Wildman–Crippen LogP) is -0.234. The first-order valence-corrected chi connectivity index (χ1v) is 10.9. The molecule has 0 aliphatic carbocycles. The fourth-order valence-electron chi connectivity index (χ4n) is 3.80. The molecule has 3 rings (SSSR count). The Morgan fingerprint density at radius 1 is 1.09 bits per heavy atom. The van der Waals surface area contributed by atoms with Gasteiger partial charge in [-0.2, -0.15) is 0 Å². The normalized spacial score (nSPS) is 19.9. The number of nitrogens with zero attached hydrogens (tertiary/aromatic N) is 3. The van der Waals surface area contributed by atoms with Crippen LogP contribution in [0.5, 0.6) is 0 Å². The number of hydrogen-bond donors (Lipinski definition) is 2. The number of benzene rings is 1. The highest BCUT2D eigenvalue weighted by molar-refractivity contribution is 5.98. The van der Waals surface area contributed by atoms with E-state index in [1.54, 1.807) is 31.2 Å². The Bertz CT molecular complexity index is 836. The van der Waals surface area contributed by atoms with Gasteiger partial charge in [0, 0.05) is 45.0 Å². The van der Waals surface area contributed by atoms with Gasteiger partial charge in [0.05, 0.1) is 25.1 Å². The zero-order chi connectivity index (χ0) is 23.1. The molecule has 32 heavy (non-hydrogen) atoms. The van der Waals surface area contributed by atoms with Crippen LogP contribution in [0.1, 0.15) is 23.7 Å². The second-order valence-corrected chi connectivity index (χ2v) is 8.02. The molecule has 3 amide bonds. The molecule has 0 saturated carbocycles. The maximum atomic E-state index is 12.9. The smallest absolute Gasteiger partial charge is 0.338 e. The zero-order valence-corrected chi connectivity index (χ0v) is 18.6. The van der Waals surface area contributed by atoms with Crippen LogP contribution in [0.15, 0.2) is 24.3 Å². The lowest BCUT2D eigenvalue weighted by molar-refractivity contribution is -0.145. The third-order valence-corrected chi connectivity index (χ3v) is 5.66. The van der Waals surface area contributed by atoms with Crippen LogP contribution in [0.3, 0.4) is 0 Å². The second kappa shape index (κ2) is 11.1. The quantitative estimate of drug-likeness (QED) is 0.558. The first-order valence-electron chi connectivity index (χ1n) is 10.9. The van der Waals surface area contributed by atoms with Gasteiger partial charge in [-0.3, -0.25) is 19.3 Å². The topological polar surface area (TPSA) is 111 Å². The molecule has 0 aromatic heterocycles. The Balaban J connectivity index is 1.57. The molecule has 2 fully saturated rings. The number of nitrogens with one attached hydrogen (secondary N) is 2. The van der Waals surface area contributed by atoms with Gasteiger partial charge < -0.3 is 25.2 Å². The molecule has 1 atom stereocenters. The summed E-state index contributed by atoms with van der Waals surface area (Å²) < 4.78 is 4.94. The molecule has 1 aromatic carbocycles. The van der Waals surface area contributed by atoms with Gasteiger partial charge in [0.15, 0.2) is 0 Å². The molecule has 0 unspecified atom stereocenters. The van der Waals surface area contributed by atoms with E-state index in [2.05, 4.69) is 20.4 Å². The summed E-state index contributed by atoms with van der Waals surface area (Å²) in [4.78, 5) is 55.5. The molecule has 2 aliphatic heterocycles. The molecule has 0 radical (unpaired) electrons. The van der Waals surface area contributed by atoms with E-state index in [9.17, 15) is 19.2 Å². The minimum atomic E-state index is -0.845. The predicted molar refractivity (Wildman–Crippen MR) is 118 cm³/mol. The monoisotopic (exact) mass is 445 g/mol. The lowest BCUT2D eigenvalue weighted by Gasteiger charge is -2.37. The van der Waals surface area contributed by atoms with Crippen molar-refractivity contribution in [1.29, 1.82) is 0 Å². The van der Waals surface area contributed by atoms with E-state index < -0.39 is 12.0 Å². The molecule has 2 aliphatic rings. The van der Waals surface area contributed by atoms with Crippen LogP contribution >= 0.6 is 0 Å². The van der Waals surface area contributed by atoms with Crippen molar-refractivity contribution in [2.24, 2.45) is 0 Å². The average Bonchev–Trinajstić information content (AvgIpc) is 2.77. The summed E-state index contributed by atoms with van der Waals surface area (Å²) in [5.74, 6) is -1.27. The van der Waals surface area contributed by atoms with E-state index in [0.29, 0.717) is 24.3 Å². The molecule has 2 N–H and O–H groups in total. The summed E-state index contributed by atoms with van der Waals surface area (Å²) in [6.07, 6.45) is -0.139. The number of carbonyl (C=O) groups excluding carboxylic acids is 4. The number of piperazine rings is 2. The van der Waals surface area contributed by atoms with Crippen LogP contribution < -0.4 is 10.6 Å². The number of hydrogen-bond acceptors (Lipinski definition) is 7. The highest BCUT2D eigenvalue weighted by Crippen LogP contribution is 2.15. The molecular formula is C22H31N5O5. The van der Waals surface area contributed by atoms with E-state index in [4.69, 9.17) is 4.74 Å². The van der Waals surface area contributed by atoms with Crippen LogP contribution in [0.25, 0.3) is 0 Å². The minimum absolute atomic E-state index is 0.138. The van der Waals surface area contributed by atoms with Gasteiger partial charge in [-0.1, -0.05) is 0 Å². The summed E-state index contributed by atoms with van der Waals surface area (Å²) >= 11 is 0. The maximum absolute atomic E-state index is 12.9. The first-order chi connectivity index (χ1) is 15.4. The van der Waals surface area contributed by atoms with Gasteiger partial charge in [0.25, 0.3) is 0 Å². The first kappa shape index (κ1) is 23.7. The van der Waals surface area contributed by atoms with Crippen molar-refractivity contribution < 1.29 is 23.9 Å². The fourth-order valence-corrected chi connectivity index (χ4v) is 3.80. The Labute approximate surface area is 187 Å². The molecule has 1 aromatic rings. The van der Waals surface area contributed by atoms with E-state index in [-0.39, 0.29) is 37.3 Å². The van der Waals surface area contributed by atoms with Crippen LogP contribution in [0, 0.1) is 0 Å². The van der Waals surface area contributed by atoms with Crippen LogP contribution in [0.4, 0.5) is 5.69 Å². The summed E-state index contributed by atoms with van der Waals surface area (Å²) in [6.45, 7) is 6.41. The summed E-state index contributed by atoms with van der Waals surface area (Å²) in [6, 6.07) is 5.48. The van der Waals surface area contributed by atoms with Crippen molar-refractivity contribution in [2.45, 2.75) is 19.4 Å². The van der Waals surface area contributed by atoms with E-state index in [0.717, 1.165) is 26.2 Å². The van der Waals surface area contributed by atoms with Gasteiger partial charge in [-0.15, -0.1) is 0 Å². The Kier molecular flexibility index (Phi) is 8.18. The van der Waals surface area contributed by atoms with Gasteiger partial charge in [0.2, 0.25) is 17.7 Å². The molecule has 0 spiro atoms. The Hall–Kier alpha value is -2.98. The zero-order valence-electron chi connectivity index (χ0n) is 18.6. The highest BCUT2D eigenvalue weighted by Gasteiger charge is 2.35. The Morgan fingerprint density at radius 3 is 2.44 bits per heavy atom. The number of amides is 3. The standard InChI is InChI=1S/C22H31N5O5/c1-3-32-22(31)16-4-6-17(7-5-16)24-19(28)14-18-21(30)23-8-9-27(18)20(29)15-26-12-10-25(2)11-13-26/h4-7,18H,3,8-15H2,1-2H3,(H,23,30)(H,24,28)/t18-/m1/s1. The SMILES string of the molecule is CCOC(=O)c1ccc(NC(=O)C[C@@H]2C(=O)NCCN2C(=O)CN2CCN(C)CC2)cc1. The average molecular weight is 446 g/mol. The number of ether oxygens (including phenoxy) is 1. The summed E-state index contributed by atoms with van der Waals surface area (Å²) in [5, 5.41) is 5.47. The Morgan fingerprint density at radius 2 is 1.78 bits per heavy atom. The molecule has 2 saturated heterocycles. The van der Waals surface area contributed by atoms with Crippen molar-refractivity contribution in [1.82, 2.24) is 20.0 Å². The van der Waals surface area contributed by atoms with E-state index in [1.807, 2.05) is 7.05 Å². The van der Waals surface area contributed by atoms with Gasteiger partial charge >= 0.3 is 5.97 Å². The van der Waals surface area contributed by atoms with Crippen molar-refractivity contribution in [3.8, 4) is 0 Å². The highest BCUT2D eigenvalue weighted by atomic mass is 16.5. The third kappa shape index (κ3) is 6.27. The van der Waals surface area contributed by atoms with Crippen molar-refractivity contribution in [2.75, 3.05) is 64.8 Å².